The molecule has 0 bridgehead atoms. The topological polar surface area (TPSA) is 90.7 Å². The Hall–Kier alpha value is -2.31. The number of hydrogen-bond donors (Lipinski definition) is 1. The molecule has 1 unspecified atom stereocenters. The molecule has 1 heterocycles. The zero-order chi connectivity index (χ0) is 12.4. The Morgan fingerprint density at radius 3 is 2.88 bits per heavy atom. The van der Waals surface area contributed by atoms with Crippen molar-refractivity contribution in [1.29, 1.82) is 0 Å². The van der Waals surface area contributed by atoms with Gasteiger partial charge in [-0.25, -0.2) is 4.79 Å². The zero-order valence-electron chi connectivity index (χ0n) is 9.00. The molecule has 0 aliphatic carbocycles. The van der Waals surface area contributed by atoms with Crippen molar-refractivity contribution >= 4 is 11.8 Å². The summed E-state index contributed by atoms with van der Waals surface area (Å²) in [5, 5.41) is 13.2. The van der Waals surface area contributed by atoms with Crippen LogP contribution in [0.1, 0.15) is 11.7 Å². The monoisotopic (exact) mass is 238 g/mol. The first-order valence-corrected chi connectivity index (χ1v) is 4.88. The number of alkyl carbamates (subject to hydrolysis) is 1. The van der Waals surface area contributed by atoms with Crippen LogP contribution in [0, 0.1) is 10.1 Å². The summed E-state index contributed by atoms with van der Waals surface area (Å²) in [6, 6.07) is 4.38. The Morgan fingerprint density at radius 2 is 2.35 bits per heavy atom. The zero-order valence-corrected chi connectivity index (χ0v) is 9.00. The summed E-state index contributed by atoms with van der Waals surface area (Å²) in [6.07, 6.45) is -0.926. The molecular formula is C10H10N2O5. The number of nitrogens with one attached hydrogen (secondary N) is 1. The molecule has 7 nitrogen and oxygen atoms in total. The van der Waals surface area contributed by atoms with Gasteiger partial charge in [-0.3, -0.25) is 10.1 Å². The molecule has 1 N–H and O–H groups in total. The number of carbonyl (C=O) groups excluding carboxylic acids is 1. The lowest BCUT2D eigenvalue weighted by Crippen LogP contribution is -2.12. The van der Waals surface area contributed by atoms with Crippen molar-refractivity contribution in [3.05, 3.63) is 33.9 Å². The maximum Gasteiger partial charge on any atom is 0.407 e. The van der Waals surface area contributed by atoms with Gasteiger partial charge in [-0.15, -0.1) is 0 Å². The number of cyclic esters (lactones) is 1. The maximum atomic E-state index is 10.9. The highest BCUT2D eigenvalue weighted by Crippen LogP contribution is 2.31. The second-order valence-electron chi connectivity index (χ2n) is 3.46. The predicted octanol–water partition coefficient (Wildman–Crippen LogP) is 1.38. The maximum absolute atomic E-state index is 10.9. The standard InChI is InChI=1S/C10H10N2O5/c1-16-8-4-6(2-3-7(8)12(14)15)9-5-11-10(13)17-9/h2-4,9H,5H2,1H3,(H,11,13). The van der Waals surface area contributed by atoms with E-state index in [9.17, 15) is 14.9 Å². The molecule has 0 radical (unpaired) electrons. The van der Waals surface area contributed by atoms with Crippen molar-refractivity contribution in [2.45, 2.75) is 6.10 Å². The molecular weight excluding hydrogens is 228 g/mol. The van der Waals surface area contributed by atoms with E-state index in [-0.39, 0.29) is 11.4 Å². The van der Waals surface area contributed by atoms with E-state index in [2.05, 4.69) is 5.32 Å². The molecule has 1 saturated heterocycles. The second-order valence-corrected chi connectivity index (χ2v) is 3.46. The van der Waals surface area contributed by atoms with Crippen LogP contribution >= 0.6 is 0 Å². The third-order valence-electron chi connectivity index (χ3n) is 2.45. The lowest BCUT2D eigenvalue weighted by Gasteiger charge is -2.09. The summed E-state index contributed by atoms with van der Waals surface area (Å²) >= 11 is 0. The van der Waals surface area contributed by atoms with Crippen LogP contribution in [-0.4, -0.2) is 24.7 Å². The average molecular weight is 238 g/mol. The number of nitro benzene ring substituents is 1. The highest BCUT2D eigenvalue weighted by atomic mass is 16.6. The van der Waals surface area contributed by atoms with Gasteiger partial charge >= 0.3 is 11.8 Å². The van der Waals surface area contributed by atoms with Gasteiger partial charge in [0.05, 0.1) is 18.6 Å². The van der Waals surface area contributed by atoms with Crippen molar-refractivity contribution in [3.63, 3.8) is 0 Å². The minimum absolute atomic E-state index is 0.117. The van der Waals surface area contributed by atoms with Gasteiger partial charge in [-0.1, -0.05) is 0 Å². The van der Waals surface area contributed by atoms with Gasteiger partial charge in [0, 0.05) is 6.07 Å². The van der Waals surface area contributed by atoms with E-state index in [1.54, 1.807) is 6.07 Å². The summed E-state index contributed by atoms with van der Waals surface area (Å²) in [4.78, 5) is 21.1. The van der Waals surface area contributed by atoms with E-state index in [0.29, 0.717) is 12.1 Å². The van der Waals surface area contributed by atoms with E-state index < -0.39 is 17.1 Å². The molecule has 1 amide bonds. The van der Waals surface area contributed by atoms with Gasteiger partial charge in [-0.05, 0) is 17.7 Å². The number of benzene rings is 1. The third-order valence-corrected chi connectivity index (χ3v) is 2.45. The van der Waals surface area contributed by atoms with Crippen molar-refractivity contribution in [2.24, 2.45) is 0 Å². The first-order chi connectivity index (χ1) is 8.11. The molecule has 0 spiro atoms. The number of hydrogen-bond acceptors (Lipinski definition) is 5. The molecule has 7 heteroatoms. The Kier molecular flexibility index (Phi) is 2.82. The van der Waals surface area contributed by atoms with Gasteiger partial charge in [0.2, 0.25) is 0 Å². The van der Waals surface area contributed by atoms with Crippen LogP contribution in [-0.2, 0) is 4.74 Å². The molecule has 1 aromatic carbocycles. The lowest BCUT2D eigenvalue weighted by molar-refractivity contribution is -0.385. The first kappa shape index (κ1) is 11.2. The summed E-state index contributed by atoms with van der Waals surface area (Å²) < 4.78 is 9.90. The van der Waals surface area contributed by atoms with Crippen LogP contribution in [0.25, 0.3) is 0 Å². The molecule has 1 atom stereocenters. The van der Waals surface area contributed by atoms with E-state index in [4.69, 9.17) is 9.47 Å². The minimum atomic E-state index is -0.526. The predicted molar refractivity (Wildman–Crippen MR) is 56.9 cm³/mol. The Bertz CT molecular complexity index is 474. The normalized spacial score (nSPS) is 18.4. The van der Waals surface area contributed by atoms with Crippen molar-refractivity contribution in [1.82, 2.24) is 5.32 Å². The fourth-order valence-corrected chi connectivity index (χ4v) is 1.62. The van der Waals surface area contributed by atoms with E-state index in [1.165, 1.54) is 19.2 Å². The highest BCUT2D eigenvalue weighted by Gasteiger charge is 2.26. The van der Waals surface area contributed by atoms with Gasteiger partial charge in [0.1, 0.15) is 6.10 Å². The molecule has 17 heavy (non-hydrogen) atoms. The summed E-state index contributed by atoms with van der Waals surface area (Å²) in [5.41, 5.74) is 0.541. The fourth-order valence-electron chi connectivity index (χ4n) is 1.62. The smallest absolute Gasteiger partial charge is 0.407 e. The Balaban J connectivity index is 2.31. The first-order valence-electron chi connectivity index (χ1n) is 4.88. The Morgan fingerprint density at radius 1 is 1.59 bits per heavy atom. The second kappa shape index (κ2) is 4.28. The van der Waals surface area contributed by atoms with Crippen LogP contribution in [0.2, 0.25) is 0 Å². The van der Waals surface area contributed by atoms with E-state index in [0.717, 1.165) is 0 Å². The average Bonchev–Trinajstić information content (AvgIpc) is 2.75. The van der Waals surface area contributed by atoms with E-state index >= 15 is 0 Å². The van der Waals surface area contributed by atoms with Gasteiger partial charge in [0.15, 0.2) is 5.75 Å². The fraction of sp³-hybridized carbons (Fsp3) is 0.300. The van der Waals surface area contributed by atoms with Crippen LogP contribution in [0.3, 0.4) is 0 Å². The van der Waals surface area contributed by atoms with Crippen molar-refractivity contribution < 1.29 is 19.2 Å². The van der Waals surface area contributed by atoms with Crippen LogP contribution < -0.4 is 10.1 Å². The van der Waals surface area contributed by atoms with Crippen LogP contribution in [0.4, 0.5) is 10.5 Å². The third kappa shape index (κ3) is 2.12. The quantitative estimate of drug-likeness (QED) is 0.634. The molecule has 1 fully saturated rings. The number of nitrogens with zero attached hydrogens (tertiary/aromatic N) is 1. The number of methoxy groups -OCH3 is 1. The molecule has 0 saturated carbocycles. The molecule has 0 aromatic heterocycles. The minimum Gasteiger partial charge on any atom is -0.490 e. The number of nitro groups is 1. The van der Waals surface area contributed by atoms with Crippen LogP contribution in [0.15, 0.2) is 18.2 Å². The van der Waals surface area contributed by atoms with Crippen molar-refractivity contribution in [3.8, 4) is 5.75 Å². The number of amides is 1. The van der Waals surface area contributed by atoms with Crippen LogP contribution in [0.5, 0.6) is 5.75 Å². The van der Waals surface area contributed by atoms with Gasteiger partial charge in [0.25, 0.3) is 0 Å². The number of ether oxygens (including phenoxy) is 2. The summed E-state index contributed by atoms with van der Waals surface area (Å²) in [6.45, 7) is 0.347. The van der Waals surface area contributed by atoms with E-state index in [1.807, 2.05) is 0 Å². The summed E-state index contributed by atoms with van der Waals surface area (Å²) in [7, 11) is 1.35. The Labute approximate surface area is 96.5 Å². The molecule has 90 valence electrons. The summed E-state index contributed by atoms with van der Waals surface area (Å²) in [5.74, 6) is 0.149. The molecule has 1 aliphatic heterocycles. The lowest BCUT2D eigenvalue weighted by atomic mass is 10.1. The molecule has 1 aliphatic rings. The number of rotatable bonds is 3. The largest absolute Gasteiger partial charge is 0.490 e. The van der Waals surface area contributed by atoms with Gasteiger partial charge < -0.3 is 14.8 Å². The SMILES string of the molecule is COc1cc(C2CNC(=O)O2)ccc1[N+](=O)[O-]. The molecule has 1 aromatic rings. The highest BCUT2D eigenvalue weighted by molar-refractivity contribution is 5.69. The van der Waals surface area contributed by atoms with Gasteiger partial charge in [-0.2, -0.15) is 0 Å². The van der Waals surface area contributed by atoms with Crippen molar-refractivity contribution in [2.75, 3.05) is 13.7 Å². The molecule has 2 rings (SSSR count). The number of carbonyl (C=O) groups is 1.